The minimum absolute atomic E-state index is 0. The molecule has 0 saturated heterocycles. The minimum atomic E-state index is -2.74. The summed E-state index contributed by atoms with van der Waals surface area (Å²) in [6, 6.07) is 0. The Hall–Kier alpha value is 0.276. The number of hydrogen-bond donors (Lipinski definition) is 6. The molecular formula is C7H12KNaO10. The summed E-state index contributed by atoms with van der Waals surface area (Å²) < 4.78 is 0. The van der Waals surface area contributed by atoms with Crippen molar-refractivity contribution in [3.63, 3.8) is 0 Å². The summed E-state index contributed by atoms with van der Waals surface area (Å²) in [6.45, 7) is 0. The van der Waals surface area contributed by atoms with Crippen LogP contribution in [0.1, 0.15) is 15.7 Å². The van der Waals surface area contributed by atoms with Crippen LogP contribution in [-0.4, -0.2) is 60.3 Å². The Kier molecular flexibility index (Phi) is 19.3. The van der Waals surface area contributed by atoms with Gasteiger partial charge in [0.2, 0.25) is 0 Å². The summed E-state index contributed by atoms with van der Waals surface area (Å²) >= 11 is 0. The SMILES string of the molecule is O=C(O)CC(O)(CC(=O)O)C(=O)O.O=C(O)O.[H-].[H-].[K+].[Na+]. The predicted octanol–water partition coefficient (Wildman–Crippen LogP) is -6.79. The van der Waals surface area contributed by atoms with Gasteiger partial charge in [-0.25, -0.2) is 9.59 Å². The van der Waals surface area contributed by atoms with Crippen LogP contribution in [0.2, 0.25) is 0 Å². The van der Waals surface area contributed by atoms with Crippen molar-refractivity contribution in [1.82, 2.24) is 0 Å². The van der Waals surface area contributed by atoms with Crippen molar-refractivity contribution in [2.24, 2.45) is 0 Å². The Balaban J connectivity index is -0.0000000629. The van der Waals surface area contributed by atoms with E-state index in [9.17, 15) is 14.4 Å². The van der Waals surface area contributed by atoms with Gasteiger partial charge in [-0.2, -0.15) is 0 Å². The summed E-state index contributed by atoms with van der Waals surface area (Å²) in [6.07, 6.45) is -4.12. The van der Waals surface area contributed by atoms with Gasteiger partial charge >= 0.3 is 105 Å². The van der Waals surface area contributed by atoms with Gasteiger partial charge in [0.05, 0.1) is 12.8 Å². The zero-order chi connectivity index (χ0) is 14.2. The number of aliphatic carboxylic acids is 3. The average Bonchev–Trinajstić information content (AvgIpc) is 1.98. The zero-order valence-corrected chi connectivity index (χ0v) is 15.4. The van der Waals surface area contributed by atoms with Crippen molar-refractivity contribution in [2.75, 3.05) is 0 Å². The molecular weight excluding hydrogens is 306 g/mol. The van der Waals surface area contributed by atoms with E-state index in [2.05, 4.69) is 0 Å². The van der Waals surface area contributed by atoms with Crippen LogP contribution in [0.25, 0.3) is 0 Å². The largest absolute Gasteiger partial charge is 1.00 e. The molecule has 102 valence electrons. The number of aliphatic hydroxyl groups is 1. The van der Waals surface area contributed by atoms with Gasteiger partial charge in [-0.05, 0) is 0 Å². The molecule has 12 heteroatoms. The molecule has 0 radical (unpaired) electrons. The maximum atomic E-state index is 10.3. The molecule has 0 aromatic heterocycles. The van der Waals surface area contributed by atoms with E-state index in [1.807, 2.05) is 0 Å². The minimum Gasteiger partial charge on any atom is -1.00 e. The maximum absolute atomic E-state index is 10.3. The Morgan fingerprint density at radius 3 is 1.16 bits per heavy atom. The topological polar surface area (TPSA) is 190 Å². The van der Waals surface area contributed by atoms with Crippen molar-refractivity contribution >= 4 is 24.1 Å². The van der Waals surface area contributed by atoms with Crippen LogP contribution >= 0.6 is 0 Å². The molecule has 0 heterocycles. The standard InChI is InChI=1S/C6H8O7.CH2O3.K.Na.2H/c7-3(8)1-6(13,5(11)12)2-4(9)10;2-1(3)4;;;;/h13H,1-2H2,(H,7,8)(H,9,10)(H,11,12);(H2,2,3,4);;;;/q;;2*+1;2*-1. The number of carboxylic acid groups (broad SMARTS) is 5. The molecule has 0 spiro atoms. The number of rotatable bonds is 5. The Morgan fingerprint density at radius 1 is 0.842 bits per heavy atom. The van der Waals surface area contributed by atoms with Crippen LogP contribution in [0.15, 0.2) is 0 Å². The van der Waals surface area contributed by atoms with E-state index in [0.717, 1.165) is 0 Å². The fourth-order valence-electron chi connectivity index (χ4n) is 0.714. The van der Waals surface area contributed by atoms with Crippen LogP contribution in [0, 0.1) is 0 Å². The molecule has 0 unspecified atom stereocenters. The molecule has 0 aliphatic heterocycles. The van der Waals surface area contributed by atoms with Crippen LogP contribution in [0.4, 0.5) is 4.79 Å². The third kappa shape index (κ3) is 18.3. The van der Waals surface area contributed by atoms with Gasteiger partial charge in [-0.3, -0.25) is 9.59 Å². The third-order valence-electron chi connectivity index (χ3n) is 1.29. The van der Waals surface area contributed by atoms with Gasteiger partial charge in [0.1, 0.15) is 0 Å². The fourth-order valence-corrected chi connectivity index (χ4v) is 0.714. The third-order valence-corrected chi connectivity index (χ3v) is 1.29. The molecule has 0 aromatic rings. The molecule has 6 N–H and O–H groups in total. The smallest absolute Gasteiger partial charge is 1.00 e. The van der Waals surface area contributed by atoms with E-state index in [4.69, 9.17) is 35.4 Å². The second-order valence-corrected chi connectivity index (χ2v) is 2.76. The van der Waals surface area contributed by atoms with E-state index >= 15 is 0 Å². The van der Waals surface area contributed by atoms with Crippen LogP contribution in [-0.2, 0) is 14.4 Å². The molecule has 0 atom stereocenters. The number of carbonyl (C=O) groups is 4. The van der Waals surface area contributed by atoms with Gasteiger partial charge in [-0.15, -0.1) is 0 Å². The molecule has 19 heavy (non-hydrogen) atoms. The zero-order valence-electron chi connectivity index (χ0n) is 12.2. The van der Waals surface area contributed by atoms with E-state index in [1.165, 1.54) is 0 Å². The van der Waals surface area contributed by atoms with Crippen molar-refractivity contribution < 1.29 is 134 Å². The Bertz CT molecular complexity index is 319. The molecule has 0 aromatic carbocycles. The van der Waals surface area contributed by atoms with Crippen LogP contribution < -0.4 is 80.9 Å². The van der Waals surface area contributed by atoms with E-state index < -0.39 is 42.5 Å². The second-order valence-electron chi connectivity index (χ2n) is 2.76. The van der Waals surface area contributed by atoms with Crippen molar-refractivity contribution in [3.05, 3.63) is 0 Å². The predicted molar refractivity (Wildman–Crippen MR) is 50.0 cm³/mol. The van der Waals surface area contributed by atoms with Crippen molar-refractivity contribution in [1.29, 1.82) is 0 Å². The van der Waals surface area contributed by atoms with Crippen molar-refractivity contribution in [2.45, 2.75) is 18.4 Å². The Labute approximate surface area is 174 Å². The summed E-state index contributed by atoms with van der Waals surface area (Å²) in [5, 5.41) is 47.8. The number of carboxylic acids is 3. The van der Waals surface area contributed by atoms with Gasteiger partial charge in [0.15, 0.2) is 5.60 Å². The summed E-state index contributed by atoms with van der Waals surface area (Å²) in [5.41, 5.74) is -2.74. The molecule has 0 amide bonds. The summed E-state index contributed by atoms with van der Waals surface area (Å²) in [5.74, 6) is -5.02. The van der Waals surface area contributed by atoms with E-state index in [0.29, 0.717) is 0 Å². The first-order chi connectivity index (χ1) is 7.51. The van der Waals surface area contributed by atoms with Crippen LogP contribution in [0.5, 0.6) is 0 Å². The van der Waals surface area contributed by atoms with Gasteiger partial charge in [0.25, 0.3) is 0 Å². The van der Waals surface area contributed by atoms with E-state index in [1.54, 1.807) is 0 Å². The summed E-state index contributed by atoms with van der Waals surface area (Å²) in [7, 11) is 0. The number of hydrogen-bond acceptors (Lipinski definition) is 5. The molecule has 0 fully saturated rings. The monoisotopic (exact) mass is 318 g/mol. The van der Waals surface area contributed by atoms with Gasteiger partial charge in [0, 0.05) is 0 Å². The first-order valence-electron chi connectivity index (χ1n) is 3.82. The quantitative estimate of drug-likeness (QED) is 0.266. The molecule has 0 aliphatic carbocycles. The van der Waals surface area contributed by atoms with Gasteiger partial charge in [-0.1, -0.05) is 0 Å². The van der Waals surface area contributed by atoms with Crippen molar-refractivity contribution in [3.8, 4) is 0 Å². The fraction of sp³-hybridized carbons (Fsp3) is 0.429. The van der Waals surface area contributed by atoms with Crippen LogP contribution in [0.3, 0.4) is 0 Å². The van der Waals surface area contributed by atoms with Gasteiger partial charge < -0.3 is 33.5 Å². The Morgan fingerprint density at radius 2 is 1.05 bits per heavy atom. The molecule has 0 aliphatic rings. The molecule has 0 saturated carbocycles. The molecule has 0 rings (SSSR count). The molecule has 0 bridgehead atoms. The first kappa shape index (κ1) is 27.6. The maximum Gasteiger partial charge on any atom is 1.00 e. The summed E-state index contributed by atoms with van der Waals surface area (Å²) in [4.78, 5) is 39.0. The molecule has 10 nitrogen and oxygen atoms in total. The normalized spacial score (nSPS) is 8.68. The first-order valence-corrected chi connectivity index (χ1v) is 3.82. The average molecular weight is 318 g/mol. The van der Waals surface area contributed by atoms with E-state index in [-0.39, 0.29) is 83.8 Å². The second kappa shape index (κ2) is 13.3.